The van der Waals surface area contributed by atoms with E-state index in [4.69, 9.17) is 10.9 Å². The predicted octanol–water partition coefficient (Wildman–Crippen LogP) is 0.0242. The Morgan fingerprint density at radius 2 is 2.27 bits per heavy atom. The zero-order chi connectivity index (χ0) is 8.69. The molecule has 0 fully saturated rings. The normalized spacial score (nSPS) is 12.5. The van der Waals surface area contributed by atoms with Crippen LogP contribution in [-0.4, -0.2) is 42.8 Å². The molecule has 0 saturated carbocycles. The molecule has 66 valence electrons. The number of amidine groups is 1. The summed E-state index contributed by atoms with van der Waals surface area (Å²) in [7, 11) is 1.78. The highest BCUT2D eigenvalue weighted by atomic mass is 19.1. The molecule has 0 aliphatic carbocycles. The van der Waals surface area contributed by atoms with Crippen LogP contribution in [0.5, 0.6) is 0 Å². The average molecular weight is 163 g/mol. The lowest BCUT2D eigenvalue weighted by Gasteiger charge is -2.12. The molecule has 0 atom stereocenters. The molecule has 0 amide bonds. The van der Waals surface area contributed by atoms with Crippen LogP contribution in [0.2, 0.25) is 0 Å². The number of hydrogen-bond acceptors (Lipinski definition) is 3. The fourth-order valence-electron chi connectivity index (χ4n) is 0.611. The first-order chi connectivity index (χ1) is 5.20. The summed E-state index contributed by atoms with van der Waals surface area (Å²) in [6.07, 6.45) is 0.465. The maximum atomic E-state index is 11.7. The monoisotopic (exact) mass is 163 g/mol. The first-order valence-electron chi connectivity index (χ1n) is 3.41. The van der Waals surface area contributed by atoms with Crippen LogP contribution in [-0.2, 0) is 0 Å². The van der Waals surface area contributed by atoms with Gasteiger partial charge in [0, 0.05) is 19.5 Å². The lowest BCUT2D eigenvalue weighted by molar-refractivity contribution is 0.295. The Kier molecular flexibility index (Phi) is 5.46. The van der Waals surface area contributed by atoms with Gasteiger partial charge >= 0.3 is 0 Å². The zero-order valence-corrected chi connectivity index (χ0v) is 6.63. The van der Waals surface area contributed by atoms with Crippen LogP contribution in [0.1, 0.15) is 6.42 Å². The predicted molar refractivity (Wildman–Crippen MR) is 41.5 cm³/mol. The summed E-state index contributed by atoms with van der Waals surface area (Å²) >= 11 is 0. The summed E-state index contributed by atoms with van der Waals surface area (Å²) in [4.78, 5) is 1.78. The molecular formula is C6H14FN3O. The highest BCUT2D eigenvalue weighted by Crippen LogP contribution is 1.87. The fourth-order valence-corrected chi connectivity index (χ4v) is 0.611. The van der Waals surface area contributed by atoms with Gasteiger partial charge in [-0.3, -0.25) is 0 Å². The largest absolute Gasteiger partial charge is 0.409 e. The molecule has 0 aliphatic heterocycles. The van der Waals surface area contributed by atoms with Crippen molar-refractivity contribution in [2.24, 2.45) is 10.9 Å². The van der Waals surface area contributed by atoms with E-state index >= 15 is 0 Å². The van der Waals surface area contributed by atoms with Gasteiger partial charge in [0.05, 0.1) is 0 Å². The summed E-state index contributed by atoms with van der Waals surface area (Å²) in [5, 5.41) is 10.9. The number of nitrogens with zero attached hydrogens (tertiary/aromatic N) is 2. The molecule has 0 bridgehead atoms. The molecule has 0 unspecified atom stereocenters. The van der Waals surface area contributed by atoms with E-state index in [1.165, 1.54) is 0 Å². The molecule has 0 rings (SSSR count). The van der Waals surface area contributed by atoms with Crippen molar-refractivity contribution in [3.05, 3.63) is 0 Å². The molecule has 0 heterocycles. The second-order valence-corrected chi connectivity index (χ2v) is 2.33. The third-order valence-corrected chi connectivity index (χ3v) is 1.34. The molecule has 5 heteroatoms. The molecule has 11 heavy (non-hydrogen) atoms. The summed E-state index contributed by atoms with van der Waals surface area (Å²) in [5.41, 5.74) is 5.20. The second kappa shape index (κ2) is 5.91. The Labute approximate surface area is 65.5 Å². The SMILES string of the molecule is CN(CCF)CCC(N)=NO. The van der Waals surface area contributed by atoms with Gasteiger partial charge in [0.1, 0.15) is 12.5 Å². The maximum Gasteiger partial charge on any atom is 0.140 e. The van der Waals surface area contributed by atoms with Gasteiger partial charge in [-0.25, -0.2) is 4.39 Å². The van der Waals surface area contributed by atoms with Crippen LogP contribution < -0.4 is 5.73 Å². The van der Waals surface area contributed by atoms with E-state index in [1.54, 1.807) is 11.9 Å². The number of nitrogens with two attached hydrogens (primary N) is 1. The molecule has 0 spiro atoms. The number of oxime groups is 1. The van der Waals surface area contributed by atoms with Gasteiger partial charge in [0.25, 0.3) is 0 Å². The van der Waals surface area contributed by atoms with E-state index in [-0.39, 0.29) is 12.5 Å². The zero-order valence-electron chi connectivity index (χ0n) is 6.63. The van der Waals surface area contributed by atoms with E-state index in [2.05, 4.69) is 5.16 Å². The maximum absolute atomic E-state index is 11.7. The molecular weight excluding hydrogens is 149 g/mol. The Morgan fingerprint density at radius 3 is 2.73 bits per heavy atom. The van der Waals surface area contributed by atoms with E-state index in [9.17, 15) is 4.39 Å². The summed E-state index contributed by atoms with van der Waals surface area (Å²) < 4.78 is 11.7. The molecule has 4 nitrogen and oxygen atoms in total. The van der Waals surface area contributed by atoms with Crippen molar-refractivity contribution in [1.29, 1.82) is 0 Å². The highest BCUT2D eigenvalue weighted by Gasteiger charge is 1.98. The van der Waals surface area contributed by atoms with Gasteiger partial charge in [-0.2, -0.15) is 0 Å². The summed E-state index contributed by atoms with van der Waals surface area (Å²) in [6, 6.07) is 0. The third-order valence-electron chi connectivity index (χ3n) is 1.34. The topological polar surface area (TPSA) is 61.8 Å². The molecule has 0 radical (unpaired) electrons. The second-order valence-electron chi connectivity index (χ2n) is 2.33. The highest BCUT2D eigenvalue weighted by molar-refractivity contribution is 5.79. The fraction of sp³-hybridized carbons (Fsp3) is 0.833. The molecule has 0 aliphatic rings. The minimum atomic E-state index is -0.368. The van der Waals surface area contributed by atoms with Crippen LogP contribution >= 0.6 is 0 Å². The van der Waals surface area contributed by atoms with E-state index < -0.39 is 0 Å². The lowest BCUT2D eigenvalue weighted by Crippen LogP contribution is -2.26. The van der Waals surface area contributed by atoms with Gasteiger partial charge in [-0.15, -0.1) is 0 Å². The van der Waals surface area contributed by atoms with Crippen LogP contribution in [0.3, 0.4) is 0 Å². The van der Waals surface area contributed by atoms with Gasteiger partial charge in [0.2, 0.25) is 0 Å². The van der Waals surface area contributed by atoms with Crippen molar-refractivity contribution in [1.82, 2.24) is 4.90 Å². The van der Waals surface area contributed by atoms with Crippen LogP contribution in [0.25, 0.3) is 0 Å². The van der Waals surface area contributed by atoms with Crippen molar-refractivity contribution in [3.63, 3.8) is 0 Å². The van der Waals surface area contributed by atoms with Gasteiger partial charge in [0.15, 0.2) is 0 Å². The lowest BCUT2D eigenvalue weighted by atomic mass is 10.4. The average Bonchev–Trinajstić information content (AvgIpc) is 2.01. The first kappa shape index (κ1) is 10.2. The summed E-state index contributed by atoms with van der Waals surface area (Å²) in [6.45, 7) is 0.630. The standard InChI is InChI=1S/C6H14FN3O/c1-10(5-3-7)4-2-6(8)9-11/h11H,2-5H2,1H3,(H2,8,9). The van der Waals surface area contributed by atoms with Crippen LogP contribution in [0.4, 0.5) is 4.39 Å². The molecule has 3 N–H and O–H groups in total. The number of rotatable bonds is 5. The minimum absolute atomic E-state index is 0.177. The Morgan fingerprint density at radius 1 is 1.64 bits per heavy atom. The van der Waals surface area contributed by atoms with Crippen molar-refractivity contribution >= 4 is 5.84 Å². The van der Waals surface area contributed by atoms with Crippen molar-refractivity contribution in [3.8, 4) is 0 Å². The Balaban J connectivity index is 3.37. The number of alkyl halides is 1. The van der Waals surface area contributed by atoms with Gasteiger partial charge in [-0.05, 0) is 7.05 Å². The number of halogens is 1. The third kappa shape index (κ3) is 5.60. The van der Waals surface area contributed by atoms with E-state index in [0.29, 0.717) is 19.5 Å². The van der Waals surface area contributed by atoms with Crippen molar-refractivity contribution < 1.29 is 9.60 Å². The molecule has 0 aromatic heterocycles. The van der Waals surface area contributed by atoms with Gasteiger partial charge in [-0.1, -0.05) is 5.16 Å². The Bertz CT molecular complexity index is 129. The number of hydrogen-bond donors (Lipinski definition) is 2. The quantitative estimate of drug-likeness (QED) is 0.260. The Hall–Kier alpha value is -0.840. The van der Waals surface area contributed by atoms with Crippen molar-refractivity contribution in [2.45, 2.75) is 6.42 Å². The first-order valence-corrected chi connectivity index (χ1v) is 3.41. The van der Waals surface area contributed by atoms with E-state index in [1.807, 2.05) is 0 Å². The van der Waals surface area contributed by atoms with Crippen LogP contribution in [0.15, 0.2) is 5.16 Å². The molecule has 0 aromatic carbocycles. The minimum Gasteiger partial charge on any atom is -0.409 e. The summed E-state index contributed by atoms with van der Waals surface area (Å²) in [5.74, 6) is 0.177. The molecule has 0 aromatic rings. The van der Waals surface area contributed by atoms with Crippen molar-refractivity contribution in [2.75, 3.05) is 26.8 Å². The van der Waals surface area contributed by atoms with E-state index in [0.717, 1.165) is 0 Å². The van der Waals surface area contributed by atoms with Crippen LogP contribution in [0, 0.1) is 0 Å². The molecule has 0 saturated heterocycles. The smallest absolute Gasteiger partial charge is 0.140 e. The van der Waals surface area contributed by atoms with Gasteiger partial charge < -0.3 is 15.8 Å².